The minimum absolute atomic E-state index is 0. The summed E-state index contributed by atoms with van der Waals surface area (Å²) in [4.78, 5) is 41.0. The molecule has 10 nitrogen and oxygen atoms in total. The number of aromatic nitrogens is 1. The summed E-state index contributed by atoms with van der Waals surface area (Å²) in [6.45, 7) is -2.38. The number of anilines is 1. The number of rotatable bonds is 14. The van der Waals surface area contributed by atoms with Gasteiger partial charge in [-0.05, 0) is 29.7 Å². The number of hydrogen-bond acceptors (Lipinski definition) is 6. The molecular formula is C34H35Cl2F4N5O5. The quantitative estimate of drug-likeness (QED) is 0.127. The summed E-state index contributed by atoms with van der Waals surface area (Å²) in [6.07, 6.45) is -4.12. The number of benzene rings is 3. The molecule has 3 aromatic carbocycles. The van der Waals surface area contributed by atoms with E-state index in [1.165, 1.54) is 37.4 Å². The van der Waals surface area contributed by atoms with Crippen LogP contribution >= 0.6 is 23.2 Å². The highest BCUT2D eigenvalue weighted by Gasteiger charge is 2.29. The van der Waals surface area contributed by atoms with Crippen molar-refractivity contribution in [3.63, 3.8) is 0 Å². The van der Waals surface area contributed by atoms with E-state index >= 15 is 0 Å². The van der Waals surface area contributed by atoms with Crippen LogP contribution in [0.3, 0.4) is 0 Å². The lowest BCUT2D eigenvalue weighted by Gasteiger charge is -2.33. The fourth-order valence-corrected chi connectivity index (χ4v) is 5.08. The van der Waals surface area contributed by atoms with Gasteiger partial charge in [0.15, 0.2) is 11.6 Å². The molecule has 0 saturated heterocycles. The van der Waals surface area contributed by atoms with Crippen molar-refractivity contribution in [3.05, 3.63) is 106 Å². The first-order chi connectivity index (χ1) is 23.4. The lowest BCUT2D eigenvalue weighted by Crippen LogP contribution is -2.52. The Hall–Kier alpha value is -4.82. The summed E-state index contributed by atoms with van der Waals surface area (Å²) in [6, 6.07) is 16.4. The van der Waals surface area contributed by atoms with Gasteiger partial charge < -0.3 is 24.4 Å². The first-order valence-corrected chi connectivity index (χ1v) is 15.6. The standard InChI is InChI=1S/C33H31Cl2F4N5O5.CH4/c1-43(29(45)14-13-21-9-5-11-24(36)30(21)34)23(19-48-33(47)41-28-15-26(49-42-28)20-7-3-2-4-8-20)17-44(18-27(38)39)32(46)40-16-22-10-6-12-25(37)31(22)35;/h2-12,15,23,27H,13-14,16-19H2,1H3,(H,40,46)(H,41,42,47);1H4/t23-;/m0./s1. The average Bonchev–Trinajstić information content (AvgIpc) is 3.55. The Balaban J connectivity index is 0.00000676. The minimum Gasteiger partial charge on any atom is -0.447 e. The van der Waals surface area contributed by atoms with E-state index < -0.39 is 61.8 Å². The van der Waals surface area contributed by atoms with Crippen molar-refractivity contribution in [2.75, 3.05) is 32.1 Å². The number of carbonyl (C=O) groups excluding carboxylic acids is 3. The molecule has 0 bridgehead atoms. The molecule has 0 spiro atoms. The van der Waals surface area contributed by atoms with Crippen molar-refractivity contribution in [1.29, 1.82) is 0 Å². The molecule has 4 amide bonds. The van der Waals surface area contributed by atoms with E-state index in [-0.39, 0.29) is 48.2 Å². The number of likely N-dealkylation sites (N-methyl/N-ethyl adjacent to an activating group) is 1. The van der Waals surface area contributed by atoms with E-state index in [9.17, 15) is 31.9 Å². The van der Waals surface area contributed by atoms with Gasteiger partial charge >= 0.3 is 12.1 Å². The monoisotopic (exact) mass is 739 g/mol. The van der Waals surface area contributed by atoms with Gasteiger partial charge in [0.25, 0.3) is 6.43 Å². The molecule has 0 radical (unpaired) electrons. The van der Waals surface area contributed by atoms with E-state index in [1.54, 1.807) is 30.3 Å². The normalized spacial score (nSPS) is 11.4. The van der Waals surface area contributed by atoms with Crippen molar-refractivity contribution in [1.82, 2.24) is 20.3 Å². The van der Waals surface area contributed by atoms with E-state index in [2.05, 4.69) is 15.8 Å². The average molecular weight is 741 g/mol. The van der Waals surface area contributed by atoms with Gasteiger partial charge in [0.05, 0.1) is 22.6 Å². The van der Waals surface area contributed by atoms with Gasteiger partial charge in [-0.3, -0.25) is 10.1 Å². The fourth-order valence-electron chi connectivity index (χ4n) is 4.66. The van der Waals surface area contributed by atoms with Crippen molar-refractivity contribution in [3.8, 4) is 11.3 Å². The molecule has 0 aliphatic carbocycles. The maximum absolute atomic E-state index is 13.9. The highest BCUT2D eigenvalue weighted by Crippen LogP contribution is 2.23. The third-order valence-corrected chi connectivity index (χ3v) is 8.17. The lowest BCUT2D eigenvalue weighted by molar-refractivity contribution is -0.133. The summed E-state index contributed by atoms with van der Waals surface area (Å²) in [5, 5.41) is 8.22. The molecule has 268 valence electrons. The molecule has 0 unspecified atom stereocenters. The molecule has 1 heterocycles. The van der Waals surface area contributed by atoms with Gasteiger partial charge in [0.1, 0.15) is 18.2 Å². The zero-order valence-electron chi connectivity index (χ0n) is 26.0. The number of carbonyl (C=O) groups is 3. The van der Waals surface area contributed by atoms with Gasteiger partial charge in [-0.25, -0.2) is 27.2 Å². The summed E-state index contributed by atoms with van der Waals surface area (Å²) in [5.41, 5.74) is 1.27. The number of urea groups is 1. The molecule has 4 aromatic rings. The van der Waals surface area contributed by atoms with Crippen molar-refractivity contribution in [2.45, 2.75) is 39.3 Å². The van der Waals surface area contributed by atoms with Gasteiger partial charge in [-0.1, -0.05) is 90.4 Å². The van der Waals surface area contributed by atoms with Crippen LogP contribution in [0.25, 0.3) is 11.3 Å². The smallest absolute Gasteiger partial charge is 0.412 e. The molecule has 0 aliphatic heterocycles. The van der Waals surface area contributed by atoms with Crippen LogP contribution in [-0.4, -0.2) is 72.2 Å². The van der Waals surface area contributed by atoms with Crippen LogP contribution in [0.4, 0.5) is 33.0 Å². The SMILES string of the molecule is C.CN(C(=O)CCc1cccc(F)c1Cl)[C@H](COC(=O)Nc1cc(-c2ccccc2)on1)CN(CC(F)F)C(=O)NCc1cccc(F)c1Cl. The molecular weight excluding hydrogens is 705 g/mol. The number of nitrogens with zero attached hydrogens (tertiary/aromatic N) is 3. The van der Waals surface area contributed by atoms with Crippen LogP contribution in [0.1, 0.15) is 25.0 Å². The maximum Gasteiger partial charge on any atom is 0.412 e. The Morgan fingerprint density at radius 3 is 2.22 bits per heavy atom. The van der Waals surface area contributed by atoms with Crippen molar-refractivity contribution in [2.24, 2.45) is 0 Å². The van der Waals surface area contributed by atoms with Crippen LogP contribution in [0.15, 0.2) is 77.3 Å². The number of hydrogen-bond donors (Lipinski definition) is 2. The van der Waals surface area contributed by atoms with Crippen molar-refractivity contribution >= 4 is 47.1 Å². The molecule has 0 saturated carbocycles. The number of ether oxygens (including phenoxy) is 1. The zero-order valence-corrected chi connectivity index (χ0v) is 27.5. The Kier molecular flexibility index (Phi) is 14.9. The van der Waals surface area contributed by atoms with Crippen LogP contribution in [0, 0.1) is 11.6 Å². The highest BCUT2D eigenvalue weighted by molar-refractivity contribution is 6.31. The van der Waals surface area contributed by atoms with Crippen LogP contribution in [0.2, 0.25) is 10.0 Å². The van der Waals surface area contributed by atoms with Crippen molar-refractivity contribution < 1.29 is 41.2 Å². The van der Waals surface area contributed by atoms with E-state index in [4.69, 9.17) is 32.5 Å². The van der Waals surface area contributed by atoms with Gasteiger partial charge in [0, 0.05) is 38.2 Å². The largest absolute Gasteiger partial charge is 0.447 e. The first kappa shape index (κ1) is 39.6. The molecule has 50 heavy (non-hydrogen) atoms. The van der Waals surface area contributed by atoms with E-state index in [0.717, 1.165) is 15.9 Å². The second kappa shape index (κ2) is 18.8. The van der Waals surface area contributed by atoms with Crippen LogP contribution in [0.5, 0.6) is 0 Å². The second-order valence-electron chi connectivity index (χ2n) is 10.7. The number of halogens is 6. The third kappa shape index (κ3) is 11.1. The molecule has 4 rings (SSSR count). The minimum atomic E-state index is -2.98. The zero-order chi connectivity index (χ0) is 35.5. The number of aryl methyl sites for hydroxylation is 1. The number of alkyl halides is 2. The predicted octanol–water partition coefficient (Wildman–Crippen LogP) is 8.05. The van der Waals surface area contributed by atoms with Crippen LogP contribution in [-0.2, 0) is 22.5 Å². The highest BCUT2D eigenvalue weighted by atomic mass is 35.5. The Labute approximate surface area is 296 Å². The van der Waals surface area contributed by atoms with Gasteiger partial charge in [-0.15, -0.1) is 0 Å². The fraction of sp³-hybridized carbons (Fsp3) is 0.294. The maximum atomic E-state index is 13.9. The van der Waals surface area contributed by atoms with E-state index in [0.29, 0.717) is 16.9 Å². The molecule has 1 aromatic heterocycles. The van der Waals surface area contributed by atoms with E-state index in [1.807, 2.05) is 6.07 Å². The Morgan fingerprint density at radius 2 is 1.56 bits per heavy atom. The molecule has 0 fully saturated rings. The summed E-state index contributed by atoms with van der Waals surface area (Å²) in [5.74, 6) is -1.54. The Bertz CT molecular complexity index is 1750. The van der Waals surface area contributed by atoms with Crippen LogP contribution < -0.4 is 10.6 Å². The Morgan fingerprint density at radius 1 is 0.920 bits per heavy atom. The predicted molar refractivity (Wildman–Crippen MR) is 181 cm³/mol. The third-order valence-electron chi connectivity index (χ3n) is 7.32. The number of amides is 4. The molecule has 2 N–H and O–H groups in total. The van der Waals surface area contributed by atoms with Gasteiger partial charge in [-0.2, -0.15) is 0 Å². The summed E-state index contributed by atoms with van der Waals surface area (Å²) in [7, 11) is 1.34. The lowest BCUT2D eigenvalue weighted by atomic mass is 10.1. The summed E-state index contributed by atoms with van der Waals surface area (Å²) >= 11 is 12.0. The molecule has 16 heteroatoms. The second-order valence-corrected chi connectivity index (χ2v) is 11.5. The van der Waals surface area contributed by atoms with Gasteiger partial charge in [0.2, 0.25) is 5.91 Å². The first-order valence-electron chi connectivity index (χ1n) is 14.8. The summed E-state index contributed by atoms with van der Waals surface area (Å²) < 4.78 is 65.7. The molecule has 0 aliphatic rings. The molecule has 1 atom stereocenters. The topological polar surface area (TPSA) is 117 Å². The number of nitrogens with one attached hydrogen (secondary N) is 2.